The molecule has 0 aliphatic heterocycles. The van der Waals surface area contributed by atoms with E-state index in [1.807, 2.05) is 0 Å². The van der Waals surface area contributed by atoms with E-state index in [4.69, 9.17) is 0 Å². The van der Waals surface area contributed by atoms with Gasteiger partial charge in [-0.1, -0.05) is 46.0 Å². The first kappa shape index (κ1) is 14.9. The molecule has 0 aromatic heterocycles. The van der Waals surface area contributed by atoms with Crippen molar-refractivity contribution in [3.05, 3.63) is 0 Å². The van der Waals surface area contributed by atoms with Crippen LogP contribution in [0.15, 0.2) is 0 Å². The third-order valence-electron chi connectivity index (χ3n) is 5.63. The Bertz CT molecular complexity index is 292. The molecule has 0 spiro atoms. The van der Waals surface area contributed by atoms with Gasteiger partial charge in [-0.25, -0.2) is 0 Å². The summed E-state index contributed by atoms with van der Waals surface area (Å²) in [6.07, 6.45) is 11.4. The number of carbonyl (C=O) groups is 1. The number of rotatable bonds is 2. The van der Waals surface area contributed by atoms with Crippen LogP contribution in [-0.4, -0.2) is 11.1 Å². The summed E-state index contributed by atoms with van der Waals surface area (Å²) in [6, 6.07) is 0. The molecule has 2 saturated carbocycles. The van der Waals surface area contributed by atoms with E-state index < -0.39 is 11.4 Å². The molecule has 0 saturated heterocycles. The van der Waals surface area contributed by atoms with Gasteiger partial charge >= 0.3 is 5.97 Å². The van der Waals surface area contributed by atoms with Crippen LogP contribution in [-0.2, 0) is 4.79 Å². The molecule has 19 heavy (non-hydrogen) atoms. The first-order chi connectivity index (χ1) is 9.04. The molecular formula is C17H30O2. The van der Waals surface area contributed by atoms with E-state index in [0.29, 0.717) is 17.8 Å². The Morgan fingerprint density at radius 3 is 1.84 bits per heavy atom. The van der Waals surface area contributed by atoms with Crippen LogP contribution in [0.25, 0.3) is 0 Å². The number of carboxylic acid groups (broad SMARTS) is 1. The zero-order valence-corrected chi connectivity index (χ0v) is 12.7. The van der Waals surface area contributed by atoms with Gasteiger partial charge in [0, 0.05) is 0 Å². The zero-order valence-electron chi connectivity index (χ0n) is 12.7. The SMILES string of the molecule is CC1CC(C)CC(C2(C(=O)O)CCCCCCC2)C1. The summed E-state index contributed by atoms with van der Waals surface area (Å²) in [5, 5.41) is 9.93. The highest BCUT2D eigenvalue weighted by molar-refractivity contribution is 5.75. The normalized spacial score (nSPS) is 36.2. The van der Waals surface area contributed by atoms with Gasteiger partial charge in [0.2, 0.25) is 0 Å². The lowest BCUT2D eigenvalue weighted by atomic mass is 9.60. The molecule has 0 heterocycles. The molecule has 0 aromatic rings. The van der Waals surface area contributed by atoms with Crippen molar-refractivity contribution in [1.29, 1.82) is 0 Å². The second-order valence-corrected chi connectivity index (χ2v) is 7.34. The summed E-state index contributed by atoms with van der Waals surface area (Å²) in [7, 11) is 0. The molecule has 2 unspecified atom stereocenters. The maximum absolute atomic E-state index is 12.1. The first-order valence-corrected chi connectivity index (χ1v) is 8.28. The summed E-state index contributed by atoms with van der Waals surface area (Å²) in [5.74, 6) is 1.33. The lowest BCUT2D eigenvalue weighted by molar-refractivity contribution is -0.156. The van der Waals surface area contributed by atoms with Crippen LogP contribution in [0.4, 0.5) is 0 Å². The third kappa shape index (κ3) is 3.32. The predicted molar refractivity (Wildman–Crippen MR) is 78.1 cm³/mol. The fraction of sp³-hybridized carbons (Fsp3) is 0.941. The smallest absolute Gasteiger partial charge is 0.309 e. The number of carboxylic acids is 1. The molecule has 2 aliphatic rings. The molecule has 2 aliphatic carbocycles. The zero-order chi connectivity index (χ0) is 13.9. The molecule has 2 atom stereocenters. The van der Waals surface area contributed by atoms with Crippen LogP contribution >= 0.6 is 0 Å². The highest BCUT2D eigenvalue weighted by Gasteiger charge is 2.47. The van der Waals surface area contributed by atoms with Gasteiger partial charge in [-0.3, -0.25) is 4.79 Å². The van der Waals surface area contributed by atoms with Gasteiger partial charge in [-0.2, -0.15) is 0 Å². The largest absolute Gasteiger partial charge is 0.481 e. The average Bonchev–Trinajstić information content (AvgIpc) is 2.26. The van der Waals surface area contributed by atoms with Crippen molar-refractivity contribution in [2.24, 2.45) is 23.2 Å². The van der Waals surface area contributed by atoms with Crippen molar-refractivity contribution >= 4 is 5.97 Å². The van der Waals surface area contributed by atoms with E-state index in [1.165, 1.54) is 25.7 Å². The van der Waals surface area contributed by atoms with Gasteiger partial charge in [-0.15, -0.1) is 0 Å². The van der Waals surface area contributed by atoms with Gasteiger partial charge in [0.25, 0.3) is 0 Å². The summed E-state index contributed by atoms with van der Waals surface area (Å²) in [5.41, 5.74) is -0.399. The number of aliphatic carboxylic acids is 1. The standard InChI is InChI=1S/C17H30O2/c1-13-10-14(2)12-15(11-13)17(16(18)19)8-6-4-3-5-7-9-17/h13-15H,3-12H2,1-2H3,(H,18,19). The van der Waals surface area contributed by atoms with Crippen molar-refractivity contribution in [1.82, 2.24) is 0 Å². The summed E-state index contributed by atoms with van der Waals surface area (Å²) < 4.78 is 0. The molecule has 0 radical (unpaired) electrons. The minimum atomic E-state index is -0.499. The minimum Gasteiger partial charge on any atom is -0.481 e. The molecule has 110 valence electrons. The van der Waals surface area contributed by atoms with Gasteiger partial charge in [-0.05, 0) is 49.9 Å². The van der Waals surface area contributed by atoms with E-state index in [0.717, 1.165) is 38.5 Å². The van der Waals surface area contributed by atoms with Gasteiger partial charge in [0.05, 0.1) is 5.41 Å². The molecular weight excluding hydrogens is 236 g/mol. The number of hydrogen-bond acceptors (Lipinski definition) is 1. The van der Waals surface area contributed by atoms with E-state index in [1.54, 1.807) is 0 Å². The topological polar surface area (TPSA) is 37.3 Å². The molecule has 0 amide bonds. The van der Waals surface area contributed by atoms with E-state index in [2.05, 4.69) is 13.8 Å². The molecule has 2 heteroatoms. The van der Waals surface area contributed by atoms with Gasteiger partial charge in [0.1, 0.15) is 0 Å². The van der Waals surface area contributed by atoms with Crippen LogP contribution in [0, 0.1) is 23.2 Å². The fourth-order valence-corrected chi connectivity index (χ4v) is 4.73. The Balaban J connectivity index is 2.18. The van der Waals surface area contributed by atoms with Gasteiger partial charge < -0.3 is 5.11 Å². The molecule has 0 aromatic carbocycles. The van der Waals surface area contributed by atoms with Crippen molar-refractivity contribution < 1.29 is 9.90 Å². The lowest BCUT2D eigenvalue weighted by Crippen LogP contribution is -2.42. The maximum Gasteiger partial charge on any atom is 0.309 e. The van der Waals surface area contributed by atoms with Crippen molar-refractivity contribution in [2.75, 3.05) is 0 Å². The predicted octanol–water partition coefficient (Wildman–Crippen LogP) is 4.87. The fourth-order valence-electron chi connectivity index (χ4n) is 4.73. The molecule has 1 N–H and O–H groups in total. The maximum atomic E-state index is 12.1. The van der Waals surface area contributed by atoms with Crippen molar-refractivity contribution in [3.8, 4) is 0 Å². The Morgan fingerprint density at radius 1 is 0.895 bits per heavy atom. The summed E-state index contributed by atoms with van der Waals surface area (Å²) >= 11 is 0. The number of hydrogen-bond donors (Lipinski definition) is 1. The van der Waals surface area contributed by atoms with Crippen LogP contribution < -0.4 is 0 Å². The second-order valence-electron chi connectivity index (χ2n) is 7.34. The van der Waals surface area contributed by atoms with Crippen LogP contribution in [0.3, 0.4) is 0 Å². The molecule has 2 rings (SSSR count). The minimum absolute atomic E-state index is 0.399. The first-order valence-electron chi connectivity index (χ1n) is 8.28. The van der Waals surface area contributed by atoms with E-state index in [9.17, 15) is 9.90 Å². The van der Waals surface area contributed by atoms with Crippen molar-refractivity contribution in [3.63, 3.8) is 0 Å². The van der Waals surface area contributed by atoms with Crippen molar-refractivity contribution in [2.45, 2.75) is 78.1 Å². The molecule has 2 fully saturated rings. The monoisotopic (exact) mass is 266 g/mol. The Hall–Kier alpha value is -0.530. The quantitative estimate of drug-likeness (QED) is 0.774. The van der Waals surface area contributed by atoms with Crippen LogP contribution in [0.5, 0.6) is 0 Å². The van der Waals surface area contributed by atoms with Crippen LogP contribution in [0.2, 0.25) is 0 Å². The lowest BCUT2D eigenvalue weighted by Gasteiger charge is -2.44. The Morgan fingerprint density at radius 2 is 1.37 bits per heavy atom. The van der Waals surface area contributed by atoms with E-state index >= 15 is 0 Å². The van der Waals surface area contributed by atoms with Gasteiger partial charge in [0.15, 0.2) is 0 Å². The molecule has 0 bridgehead atoms. The summed E-state index contributed by atoms with van der Waals surface area (Å²) in [4.78, 5) is 12.1. The highest BCUT2D eigenvalue weighted by atomic mass is 16.4. The third-order valence-corrected chi connectivity index (χ3v) is 5.63. The van der Waals surface area contributed by atoms with Crippen LogP contribution in [0.1, 0.15) is 78.1 Å². The molecule has 2 nitrogen and oxygen atoms in total. The average molecular weight is 266 g/mol. The second kappa shape index (κ2) is 6.28. The van der Waals surface area contributed by atoms with E-state index in [-0.39, 0.29) is 0 Å². The Kier molecular flexibility index (Phi) is 4.92. The Labute approximate surface area is 118 Å². The highest BCUT2D eigenvalue weighted by Crippen LogP contribution is 2.49. The summed E-state index contributed by atoms with van der Waals surface area (Å²) in [6.45, 7) is 4.61.